The van der Waals surface area contributed by atoms with E-state index in [4.69, 9.17) is 0 Å². The summed E-state index contributed by atoms with van der Waals surface area (Å²) < 4.78 is 0.943. The first-order valence-electron chi connectivity index (χ1n) is 9.81. The number of hydrogen-bond acceptors (Lipinski definition) is 3. The Labute approximate surface area is 194 Å². The van der Waals surface area contributed by atoms with E-state index in [-0.39, 0.29) is 36.4 Å². The number of anilines is 1. The van der Waals surface area contributed by atoms with Gasteiger partial charge in [0.1, 0.15) is 0 Å². The van der Waals surface area contributed by atoms with Crippen molar-refractivity contribution in [2.45, 2.75) is 39.0 Å². The molecule has 1 aliphatic heterocycles. The van der Waals surface area contributed by atoms with Gasteiger partial charge in [-0.2, -0.15) is 0 Å². The average Bonchev–Trinajstić information content (AvgIpc) is 2.93. The minimum absolute atomic E-state index is 0. The Morgan fingerprint density at radius 3 is 2.57 bits per heavy atom. The largest absolute Gasteiger partial charge is 0.356 e. The Kier molecular flexibility index (Phi) is 12.7. The van der Waals surface area contributed by atoms with Crippen molar-refractivity contribution in [3.05, 3.63) is 28.2 Å². The number of aliphatic imine (C=N–C) groups is 1. The second kappa shape index (κ2) is 14.2. The molecule has 1 fully saturated rings. The fourth-order valence-corrected chi connectivity index (χ4v) is 3.54. The van der Waals surface area contributed by atoms with Crippen molar-refractivity contribution < 1.29 is 4.79 Å². The third kappa shape index (κ3) is 9.56. The monoisotopic (exact) mass is 565 g/mol. The van der Waals surface area contributed by atoms with Gasteiger partial charge >= 0.3 is 0 Å². The normalized spacial score (nSPS) is 15.3. The third-order valence-electron chi connectivity index (χ3n) is 4.76. The Morgan fingerprint density at radius 2 is 1.89 bits per heavy atom. The molecule has 1 heterocycles. The molecule has 0 spiro atoms. The van der Waals surface area contributed by atoms with Crippen molar-refractivity contribution >= 4 is 57.5 Å². The Balaban J connectivity index is 0.00000392. The van der Waals surface area contributed by atoms with Crippen LogP contribution in [0.25, 0.3) is 0 Å². The second-order valence-corrected chi connectivity index (χ2v) is 7.89. The van der Waals surface area contributed by atoms with Crippen molar-refractivity contribution in [3.63, 3.8) is 0 Å². The minimum atomic E-state index is -0.0938. The van der Waals surface area contributed by atoms with Gasteiger partial charge in [-0.1, -0.05) is 34.8 Å². The Bertz CT molecular complexity index is 633. The van der Waals surface area contributed by atoms with Gasteiger partial charge in [0.25, 0.3) is 0 Å². The fourth-order valence-electron chi connectivity index (χ4n) is 3.18. The topological polar surface area (TPSA) is 68.8 Å². The van der Waals surface area contributed by atoms with Gasteiger partial charge in [-0.25, -0.2) is 0 Å². The van der Waals surface area contributed by atoms with E-state index < -0.39 is 0 Å². The molecule has 158 valence electrons. The van der Waals surface area contributed by atoms with Gasteiger partial charge in [0, 0.05) is 23.8 Å². The highest BCUT2D eigenvalue weighted by molar-refractivity contribution is 14.0. The number of amides is 1. The molecule has 0 unspecified atom stereocenters. The average molecular weight is 566 g/mol. The lowest BCUT2D eigenvalue weighted by molar-refractivity contribution is -0.115. The van der Waals surface area contributed by atoms with Crippen molar-refractivity contribution in [3.8, 4) is 0 Å². The van der Waals surface area contributed by atoms with Crippen LogP contribution < -0.4 is 16.0 Å². The zero-order valence-corrected chi connectivity index (χ0v) is 20.8. The van der Waals surface area contributed by atoms with Gasteiger partial charge in [0.2, 0.25) is 5.91 Å². The molecule has 3 N–H and O–H groups in total. The van der Waals surface area contributed by atoms with E-state index in [1.807, 2.05) is 25.1 Å². The van der Waals surface area contributed by atoms with E-state index in [2.05, 4.69) is 41.8 Å². The maximum Gasteiger partial charge on any atom is 0.243 e. The van der Waals surface area contributed by atoms with E-state index in [0.29, 0.717) is 5.96 Å². The predicted octanol–water partition coefficient (Wildman–Crippen LogP) is 3.75. The molecule has 1 saturated heterocycles. The summed E-state index contributed by atoms with van der Waals surface area (Å²) in [6.45, 7) is 6.57. The molecule has 8 heteroatoms. The van der Waals surface area contributed by atoms with Gasteiger partial charge in [-0.15, -0.1) is 24.0 Å². The zero-order chi connectivity index (χ0) is 19.5. The van der Waals surface area contributed by atoms with Gasteiger partial charge in [0.05, 0.1) is 6.54 Å². The number of nitrogens with one attached hydrogen (secondary N) is 3. The number of rotatable bonds is 7. The van der Waals surface area contributed by atoms with E-state index in [9.17, 15) is 4.79 Å². The van der Waals surface area contributed by atoms with Crippen LogP contribution in [-0.2, 0) is 4.79 Å². The SMILES string of the molecule is CN=C(NCCCN1CCCCCC1)NCC(=O)Nc1cc(Br)ccc1C.I. The van der Waals surface area contributed by atoms with E-state index in [1.54, 1.807) is 7.05 Å². The van der Waals surface area contributed by atoms with Crippen molar-refractivity contribution in [2.24, 2.45) is 4.99 Å². The lowest BCUT2D eigenvalue weighted by atomic mass is 10.2. The summed E-state index contributed by atoms with van der Waals surface area (Å²) in [6, 6.07) is 5.84. The van der Waals surface area contributed by atoms with Crippen LogP contribution in [0.3, 0.4) is 0 Å². The molecule has 1 aromatic rings. The number of likely N-dealkylation sites (tertiary alicyclic amines) is 1. The van der Waals surface area contributed by atoms with Crippen LogP contribution in [0.4, 0.5) is 5.69 Å². The summed E-state index contributed by atoms with van der Waals surface area (Å²) in [5.74, 6) is 0.565. The zero-order valence-electron chi connectivity index (χ0n) is 16.9. The molecule has 1 aromatic carbocycles. The summed E-state index contributed by atoms with van der Waals surface area (Å²) in [6.07, 6.45) is 6.45. The number of aryl methyl sites for hydroxylation is 1. The molecule has 0 bridgehead atoms. The smallest absolute Gasteiger partial charge is 0.243 e. The van der Waals surface area contributed by atoms with Crippen LogP contribution in [0.15, 0.2) is 27.7 Å². The van der Waals surface area contributed by atoms with Gasteiger partial charge in [0.15, 0.2) is 5.96 Å². The molecule has 1 aliphatic rings. The van der Waals surface area contributed by atoms with Crippen LogP contribution in [0, 0.1) is 6.92 Å². The highest BCUT2D eigenvalue weighted by Crippen LogP contribution is 2.20. The molecular weight excluding hydrogens is 533 g/mol. The summed E-state index contributed by atoms with van der Waals surface area (Å²) in [5.41, 5.74) is 1.85. The van der Waals surface area contributed by atoms with Gasteiger partial charge in [-0.05, 0) is 63.5 Å². The number of hydrogen-bond donors (Lipinski definition) is 3. The third-order valence-corrected chi connectivity index (χ3v) is 5.25. The molecular formula is C20H33BrIN5O. The first-order chi connectivity index (χ1) is 13.1. The highest BCUT2D eigenvalue weighted by atomic mass is 127. The second-order valence-electron chi connectivity index (χ2n) is 6.97. The van der Waals surface area contributed by atoms with Crippen molar-refractivity contribution in [2.75, 3.05) is 45.1 Å². The summed E-state index contributed by atoms with van der Waals surface area (Å²) in [7, 11) is 1.72. The van der Waals surface area contributed by atoms with E-state index >= 15 is 0 Å². The fraction of sp³-hybridized carbons (Fsp3) is 0.600. The number of benzene rings is 1. The van der Waals surface area contributed by atoms with Gasteiger partial charge in [-0.3, -0.25) is 9.79 Å². The Hall–Kier alpha value is -0.870. The molecule has 6 nitrogen and oxygen atoms in total. The summed E-state index contributed by atoms with van der Waals surface area (Å²) >= 11 is 3.43. The van der Waals surface area contributed by atoms with Crippen molar-refractivity contribution in [1.29, 1.82) is 0 Å². The Morgan fingerprint density at radius 1 is 1.18 bits per heavy atom. The van der Waals surface area contributed by atoms with Crippen LogP contribution in [0.1, 0.15) is 37.7 Å². The molecule has 1 amide bonds. The number of nitrogens with zero attached hydrogens (tertiary/aromatic N) is 2. The molecule has 0 saturated carbocycles. The quantitative estimate of drug-likeness (QED) is 0.204. The maximum absolute atomic E-state index is 12.2. The lowest BCUT2D eigenvalue weighted by Gasteiger charge is -2.20. The number of guanidine groups is 1. The number of carbonyl (C=O) groups excluding carboxylic acids is 1. The first-order valence-corrected chi connectivity index (χ1v) is 10.6. The maximum atomic E-state index is 12.2. The number of carbonyl (C=O) groups is 1. The molecule has 0 aromatic heterocycles. The first kappa shape index (κ1) is 25.2. The standard InChI is InChI=1S/C20H32BrN5O.HI/c1-16-8-9-17(21)14-18(16)25-19(27)15-24-20(22-2)23-10-7-13-26-11-5-3-4-6-12-26;/h8-9,14H,3-7,10-13,15H2,1-2H3,(H,25,27)(H2,22,23,24);1H. The van der Waals surface area contributed by atoms with E-state index in [0.717, 1.165) is 35.2 Å². The van der Waals surface area contributed by atoms with E-state index in [1.165, 1.54) is 38.8 Å². The van der Waals surface area contributed by atoms with Crippen LogP contribution >= 0.6 is 39.9 Å². The van der Waals surface area contributed by atoms with Crippen molar-refractivity contribution in [1.82, 2.24) is 15.5 Å². The van der Waals surface area contributed by atoms with Crippen LogP contribution in [0.2, 0.25) is 0 Å². The van der Waals surface area contributed by atoms with Crippen LogP contribution in [-0.4, -0.2) is 56.5 Å². The lowest BCUT2D eigenvalue weighted by Crippen LogP contribution is -2.42. The predicted molar refractivity (Wildman–Crippen MR) is 132 cm³/mol. The van der Waals surface area contributed by atoms with Gasteiger partial charge < -0.3 is 20.9 Å². The molecule has 0 radical (unpaired) electrons. The highest BCUT2D eigenvalue weighted by Gasteiger charge is 2.09. The molecule has 2 rings (SSSR count). The molecule has 0 aliphatic carbocycles. The summed E-state index contributed by atoms with van der Waals surface area (Å²) in [4.78, 5) is 18.9. The molecule has 28 heavy (non-hydrogen) atoms. The molecule has 0 atom stereocenters. The number of halogens is 2. The summed E-state index contributed by atoms with van der Waals surface area (Å²) in [5, 5.41) is 9.29. The minimum Gasteiger partial charge on any atom is -0.356 e. The van der Waals surface area contributed by atoms with Crippen LogP contribution in [0.5, 0.6) is 0 Å².